The molecule has 0 aromatic carbocycles. The molecule has 4 aromatic heterocycles. The number of hydrogen-bond donors (Lipinski definition) is 0. The highest BCUT2D eigenvalue weighted by atomic mass is 32.2. The highest BCUT2D eigenvalue weighted by Gasteiger charge is 2.23. The largest absolute Gasteiger partial charge is 0.250 e. The fourth-order valence-corrected chi connectivity index (χ4v) is 6.45. The summed E-state index contributed by atoms with van der Waals surface area (Å²) in [5, 5.41) is 4.13. The van der Waals surface area contributed by atoms with Gasteiger partial charge in [-0.05, 0) is 121 Å². The molecule has 0 aliphatic heterocycles. The number of pyridine rings is 4. The van der Waals surface area contributed by atoms with Gasteiger partial charge in [-0.2, -0.15) is 0 Å². The quantitative estimate of drug-likeness (QED) is 0.357. The number of aromatic nitrogens is 4. The van der Waals surface area contributed by atoms with Gasteiger partial charge in [0.25, 0.3) is 0 Å². The fourth-order valence-electron chi connectivity index (χ4n) is 4.53. The predicted octanol–water partition coefficient (Wildman–Crippen LogP) is 6.21. The summed E-state index contributed by atoms with van der Waals surface area (Å²) in [6.07, 6.45) is 10.5. The van der Waals surface area contributed by atoms with Crippen LogP contribution < -0.4 is 0 Å². The number of hydrogen-bond acceptors (Lipinski definition) is 6. The maximum Gasteiger partial charge on any atom is 0.106 e. The molecule has 0 unspecified atom stereocenters. The molecular formula is C26H22N4S2. The zero-order valence-corrected chi connectivity index (χ0v) is 19.3. The van der Waals surface area contributed by atoms with E-state index in [9.17, 15) is 0 Å². The van der Waals surface area contributed by atoms with Crippen LogP contribution in [0.3, 0.4) is 0 Å². The summed E-state index contributed by atoms with van der Waals surface area (Å²) >= 11 is 3.34. The summed E-state index contributed by atoms with van der Waals surface area (Å²) in [5.74, 6) is 0. The van der Waals surface area contributed by atoms with Crippen LogP contribution in [0.25, 0.3) is 11.4 Å². The molecule has 0 atom stereocenters. The summed E-state index contributed by atoms with van der Waals surface area (Å²) in [7, 11) is 0. The molecule has 32 heavy (non-hydrogen) atoms. The Morgan fingerprint density at radius 1 is 0.594 bits per heavy atom. The summed E-state index contributed by atoms with van der Waals surface area (Å²) in [5.41, 5.74) is 7.54. The Morgan fingerprint density at radius 3 is 1.53 bits per heavy atom. The number of fused-ring (bicyclic) bond motifs is 2. The number of aryl methyl sites for hydroxylation is 2. The number of nitrogens with zero attached hydrogens (tertiary/aromatic N) is 4. The second-order valence-electron chi connectivity index (χ2n) is 8.15. The second kappa shape index (κ2) is 8.68. The number of rotatable bonds is 5. The van der Waals surface area contributed by atoms with Gasteiger partial charge in [0.1, 0.15) is 20.1 Å². The van der Waals surface area contributed by atoms with E-state index in [1.165, 1.54) is 35.1 Å². The molecule has 0 N–H and O–H groups in total. The van der Waals surface area contributed by atoms with Crippen LogP contribution in [0.4, 0.5) is 0 Å². The summed E-state index contributed by atoms with van der Waals surface area (Å²) in [4.78, 5) is 19.3. The Kier molecular flexibility index (Phi) is 5.41. The van der Waals surface area contributed by atoms with Crippen LogP contribution in [0.15, 0.2) is 81.0 Å². The van der Waals surface area contributed by atoms with Gasteiger partial charge in [-0.25, -0.2) is 19.9 Å². The van der Waals surface area contributed by atoms with Gasteiger partial charge < -0.3 is 0 Å². The first-order chi connectivity index (χ1) is 15.8. The van der Waals surface area contributed by atoms with Crippen LogP contribution in [0, 0.1) is 0 Å². The summed E-state index contributed by atoms with van der Waals surface area (Å²) in [6.45, 7) is 0. The van der Waals surface area contributed by atoms with Gasteiger partial charge in [-0.15, -0.1) is 0 Å². The van der Waals surface area contributed by atoms with Crippen molar-refractivity contribution in [2.45, 2.75) is 58.6 Å². The fraction of sp³-hybridized carbons (Fsp3) is 0.231. The lowest BCUT2D eigenvalue weighted by Crippen LogP contribution is -2.00. The van der Waals surface area contributed by atoms with Crippen molar-refractivity contribution >= 4 is 23.5 Å². The molecule has 0 fully saturated rings. The van der Waals surface area contributed by atoms with Crippen molar-refractivity contribution in [3.8, 4) is 11.4 Å². The topological polar surface area (TPSA) is 51.6 Å². The molecule has 4 aromatic rings. The summed E-state index contributed by atoms with van der Waals surface area (Å²) in [6, 6.07) is 16.6. The maximum absolute atomic E-state index is 5.12. The molecule has 4 heterocycles. The van der Waals surface area contributed by atoms with Gasteiger partial charge in [-0.1, -0.05) is 12.1 Å². The third-order valence-corrected chi connectivity index (χ3v) is 8.01. The third-order valence-electron chi connectivity index (χ3n) is 6.04. The molecule has 0 saturated carbocycles. The third kappa shape index (κ3) is 3.93. The lowest BCUT2D eigenvalue weighted by Gasteiger charge is -2.13. The standard InChI is InChI=1S/C26H22N4S2/c1-3-13-27-23(11-1)31-25-19-9-5-7-17(19)15-21(29-25)22-16-18-8-6-10-20(18)26(30-22)32-24-12-2-4-14-28-24/h1-4,11-16H,5-10H2. The van der Waals surface area contributed by atoms with E-state index in [1.54, 1.807) is 23.5 Å². The molecule has 0 spiro atoms. The molecule has 158 valence electrons. The average molecular weight is 455 g/mol. The van der Waals surface area contributed by atoms with E-state index < -0.39 is 0 Å². The molecule has 0 radical (unpaired) electrons. The van der Waals surface area contributed by atoms with E-state index in [4.69, 9.17) is 9.97 Å². The minimum atomic E-state index is 0.974. The first kappa shape index (κ1) is 19.9. The summed E-state index contributed by atoms with van der Waals surface area (Å²) < 4.78 is 0. The van der Waals surface area contributed by atoms with Crippen LogP contribution in [0.5, 0.6) is 0 Å². The van der Waals surface area contributed by atoms with E-state index in [-0.39, 0.29) is 0 Å². The maximum atomic E-state index is 5.12. The van der Waals surface area contributed by atoms with Gasteiger partial charge in [0.05, 0.1) is 11.4 Å². The Morgan fingerprint density at radius 2 is 1.09 bits per heavy atom. The monoisotopic (exact) mass is 454 g/mol. The van der Waals surface area contributed by atoms with Gasteiger partial charge in [0.2, 0.25) is 0 Å². The van der Waals surface area contributed by atoms with Crippen LogP contribution >= 0.6 is 23.5 Å². The zero-order valence-electron chi connectivity index (χ0n) is 17.6. The van der Waals surface area contributed by atoms with Gasteiger partial charge in [-0.3, -0.25) is 0 Å². The van der Waals surface area contributed by atoms with Crippen LogP contribution in [0.2, 0.25) is 0 Å². The lowest BCUT2D eigenvalue weighted by atomic mass is 10.1. The van der Waals surface area contributed by atoms with E-state index in [0.29, 0.717) is 0 Å². The smallest absolute Gasteiger partial charge is 0.106 e. The molecule has 0 bridgehead atoms. The molecule has 0 amide bonds. The van der Waals surface area contributed by atoms with Crippen molar-refractivity contribution in [2.24, 2.45) is 0 Å². The average Bonchev–Trinajstić information content (AvgIpc) is 3.50. The van der Waals surface area contributed by atoms with E-state index in [1.807, 2.05) is 36.7 Å². The Hall–Kier alpha value is -2.70. The van der Waals surface area contributed by atoms with Crippen LogP contribution in [0.1, 0.15) is 35.1 Å². The second-order valence-corrected chi connectivity index (χ2v) is 10.2. The highest BCUT2D eigenvalue weighted by Crippen LogP contribution is 2.39. The molecule has 0 saturated heterocycles. The van der Waals surface area contributed by atoms with Crippen molar-refractivity contribution in [1.29, 1.82) is 0 Å². The van der Waals surface area contributed by atoms with Crippen LogP contribution in [-0.4, -0.2) is 19.9 Å². The SMILES string of the molecule is c1ccc(Sc2nc(-c3cc4c(c(Sc5ccccn5)n3)CCC4)cc3c2CCC3)nc1. The Balaban J connectivity index is 1.43. The molecule has 2 aliphatic rings. The van der Waals surface area contributed by atoms with Crippen molar-refractivity contribution in [3.63, 3.8) is 0 Å². The van der Waals surface area contributed by atoms with Crippen LogP contribution in [-0.2, 0) is 25.7 Å². The molecule has 4 nitrogen and oxygen atoms in total. The molecule has 2 aliphatic carbocycles. The van der Waals surface area contributed by atoms with Gasteiger partial charge >= 0.3 is 0 Å². The highest BCUT2D eigenvalue weighted by molar-refractivity contribution is 7.99. The van der Waals surface area contributed by atoms with Crippen molar-refractivity contribution in [3.05, 3.63) is 83.2 Å². The lowest BCUT2D eigenvalue weighted by molar-refractivity contribution is 0.897. The minimum Gasteiger partial charge on any atom is -0.250 e. The van der Waals surface area contributed by atoms with Gasteiger partial charge in [0, 0.05) is 12.4 Å². The first-order valence-corrected chi connectivity index (χ1v) is 12.7. The predicted molar refractivity (Wildman–Crippen MR) is 128 cm³/mol. The minimum absolute atomic E-state index is 0.974. The van der Waals surface area contributed by atoms with E-state index in [0.717, 1.165) is 57.2 Å². The molecular weight excluding hydrogens is 432 g/mol. The normalized spacial score (nSPS) is 14.4. The van der Waals surface area contributed by atoms with E-state index in [2.05, 4.69) is 34.2 Å². The molecule has 6 rings (SSSR count). The van der Waals surface area contributed by atoms with Crippen molar-refractivity contribution < 1.29 is 0 Å². The Bertz CT molecular complexity index is 1180. The van der Waals surface area contributed by atoms with E-state index >= 15 is 0 Å². The zero-order chi connectivity index (χ0) is 21.3. The van der Waals surface area contributed by atoms with Crippen molar-refractivity contribution in [2.75, 3.05) is 0 Å². The van der Waals surface area contributed by atoms with Crippen molar-refractivity contribution in [1.82, 2.24) is 19.9 Å². The molecule has 6 heteroatoms. The Labute approximate surface area is 196 Å². The first-order valence-electron chi connectivity index (χ1n) is 11.1. The van der Waals surface area contributed by atoms with Gasteiger partial charge in [0.15, 0.2) is 0 Å².